The zero-order valence-electron chi connectivity index (χ0n) is 17.6. The number of likely N-dealkylation sites (tertiary alicyclic amines) is 1. The van der Waals surface area contributed by atoms with E-state index in [9.17, 15) is 0 Å². The van der Waals surface area contributed by atoms with E-state index >= 15 is 0 Å². The molecule has 1 saturated heterocycles. The van der Waals surface area contributed by atoms with Gasteiger partial charge >= 0.3 is 0 Å². The average molecular weight is 500 g/mol. The molecule has 0 amide bonds. The van der Waals surface area contributed by atoms with Crippen molar-refractivity contribution in [3.8, 4) is 5.75 Å². The van der Waals surface area contributed by atoms with Gasteiger partial charge in [-0.2, -0.15) is 0 Å². The van der Waals surface area contributed by atoms with Gasteiger partial charge in [-0.25, -0.2) is 0 Å². The van der Waals surface area contributed by atoms with Crippen LogP contribution in [0.15, 0.2) is 29.3 Å². The minimum atomic E-state index is 0. The fourth-order valence-corrected chi connectivity index (χ4v) is 4.18. The molecule has 0 aromatic heterocycles. The lowest BCUT2D eigenvalue weighted by atomic mass is 9.97. The molecule has 2 aliphatic rings. The molecule has 0 saturated carbocycles. The van der Waals surface area contributed by atoms with Crippen molar-refractivity contribution in [2.24, 2.45) is 16.8 Å². The van der Waals surface area contributed by atoms with Gasteiger partial charge in [-0.1, -0.05) is 32.0 Å². The third-order valence-corrected chi connectivity index (χ3v) is 5.35. The highest BCUT2D eigenvalue weighted by atomic mass is 127. The lowest BCUT2D eigenvalue weighted by Crippen LogP contribution is -2.42. The highest BCUT2D eigenvalue weighted by Crippen LogP contribution is 2.31. The number of nitrogens with zero attached hydrogens (tertiary/aromatic N) is 2. The highest BCUT2D eigenvalue weighted by Gasteiger charge is 2.23. The average Bonchev–Trinajstić information content (AvgIpc) is 2.66. The minimum absolute atomic E-state index is 0. The minimum Gasteiger partial charge on any atom is -0.493 e. The van der Waals surface area contributed by atoms with Crippen LogP contribution in [-0.4, -0.2) is 50.2 Å². The van der Waals surface area contributed by atoms with Crippen LogP contribution in [0.4, 0.5) is 0 Å². The van der Waals surface area contributed by atoms with E-state index in [1.54, 1.807) is 0 Å². The molecule has 5 nitrogen and oxygen atoms in total. The Kier molecular flexibility index (Phi) is 9.85. The summed E-state index contributed by atoms with van der Waals surface area (Å²) in [5, 5.41) is 7.07. The Hall–Kier alpha value is -1.02. The number of hydrogen-bond donors (Lipinski definition) is 2. The second kappa shape index (κ2) is 11.9. The largest absolute Gasteiger partial charge is 0.493 e. The van der Waals surface area contributed by atoms with Crippen LogP contribution in [0.3, 0.4) is 0 Å². The van der Waals surface area contributed by atoms with Crippen molar-refractivity contribution < 1.29 is 4.74 Å². The Morgan fingerprint density at radius 1 is 1.29 bits per heavy atom. The molecule has 0 spiro atoms. The highest BCUT2D eigenvalue weighted by molar-refractivity contribution is 14.0. The van der Waals surface area contributed by atoms with Gasteiger partial charge in [-0.15, -0.1) is 24.0 Å². The van der Waals surface area contributed by atoms with Crippen LogP contribution in [-0.2, 0) is 0 Å². The first kappa shape index (κ1) is 23.3. The van der Waals surface area contributed by atoms with Crippen molar-refractivity contribution in [2.45, 2.75) is 46.1 Å². The number of benzene rings is 1. The molecule has 1 aromatic carbocycles. The fraction of sp³-hybridized carbons (Fsp3) is 0.682. The van der Waals surface area contributed by atoms with E-state index in [2.05, 4.69) is 54.5 Å². The number of para-hydroxylation sites is 1. The smallest absolute Gasteiger partial charge is 0.191 e. The van der Waals surface area contributed by atoms with Crippen molar-refractivity contribution in [2.75, 3.05) is 39.3 Å². The van der Waals surface area contributed by atoms with Gasteiger partial charge in [0.15, 0.2) is 5.96 Å². The SMILES string of the molecule is CCNC(=NCC1CCCN(CC(C)C)C1)NC1CCOc2ccccc21.I. The van der Waals surface area contributed by atoms with Gasteiger partial charge in [0.1, 0.15) is 5.75 Å². The molecule has 0 radical (unpaired) electrons. The monoisotopic (exact) mass is 500 g/mol. The number of guanidine groups is 1. The summed E-state index contributed by atoms with van der Waals surface area (Å²) >= 11 is 0. The van der Waals surface area contributed by atoms with Gasteiger partial charge < -0.3 is 20.3 Å². The van der Waals surface area contributed by atoms with Gasteiger partial charge in [0.25, 0.3) is 0 Å². The summed E-state index contributed by atoms with van der Waals surface area (Å²) in [6, 6.07) is 8.58. The zero-order valence-corrected chi connectivity index (χ0v) is 19.9. The van der Waals surface area contributed by atoms with Gasteiger partial charge in [0.05, 0.1) is 12.6 Å². The van der Waals surface area contributed by atoms with Crippen molar-refractivity contribution in [1.29, 1.82) is 0 Å². The van der Waals surface area contributed by atoms with Crippen LogP contribution in [0.25, 0.3) is 0 Å². The molecule has 0 bridgehead atoms. The molecule has 2 aliphatic heterocycles. The van der Waals surface area contributed by atoms with Gasteiger partial charge in [0, 0.05) is 38.2 Å². The summed E-state index contributed by atoms with van der Waals surface area (Å²) in [6.07, 6.45) is 3.55. The van der Waals surface area contributed by atoms with Crippen LogP contribution in [0.1, 0.15) is 51.6 Å². The Labute approximate surface area is 187 Å². The molecule has 6 heteroatoms. The van der Waals surface area contributed by atoms with Gasteiger partial charge in [0.2, 0.25) is 0 Å². The Morgan fingerprint density at radius 2 is 2.11 bits per heavy atom. The van der Waals surface area contributed by atoms with Gasteiger partial charge in [-0.3, -0.25) is 4.99 Å². The number of hydrogen-bond acceptors (Lipinski definition) is 3. The summed E-state index contributed by atoms with van der Waals surface area (Å²) in [7, 11) is 0. The predicted octanol–water partition coefficient (Wildman–Crippen LogP) is 4.05. The number of nitrogens with one attached hydrogen (secondary N) is 2. The summed E-state index contributed by atoms with van der Waals surface area (Å²) < 4.78 is 5.79. The predicted molar refractivity (Wildman–Crippen MR) is 128 cm³/mol. The first-order chi connectivity index (χ1) is 13.2. The van der Waals surface area contributed by atoms with Crippen LogP contribution < -0.4 is 15.4 Å². The van der Waals surface area contributed by atoms with Crippen molar-refractivity contribution >= 4 is 29.9 Å². The van der Waals surface area contributed by atoms with Crippen molar-refractivity contribution in [1.82, 2.24) is 15.5 Å². The number of rotatable bonds is 6. The first-order valence-electron chi connectivity index (χ1n) is 10.6. The molecule has 2 heterocycles. The number of aliphatic imine (C=N–C) groups is 1. The molecule has 2 unspecified atom stereocenters. The summed E-state index contributed by atoms with van der Waals surface area (Å²) in [5.41, 5.74) is 1.23. The molecule has 1 aromatic rings. The second-order valence-corrected chi connectivity index (χ2v) is 8.25. The maximum atomic E-state index is 5.79. The van der Waals surface area contributed by atoms with Crippen LogP contribution >= 0.6 is 24.0 Å². The van der Waals surface area contributed by atoms with E-state index in [-0.39, 0.29) is 30.0 Å². The normalized spacial score (nSPS) is 22.8. The quantitative estimate of drug-likeness (QED) is 0.352. The van der Waals surface area contributed by atoms with Gasteiger partial charge in [-0.05, 0) is 44.2 Å². The topological polar surface area (TPSA) is 48.9 Å². The lowest BCUT2D eigenvalue weighted by Gasteiger charge is -2.33. The maximum absolute atomic E-state index is 5.79. The van der Waals surface area contributed by atoms with E-state index in [1.165, 1.54) is 38.0 Å². The molecule has 28 heavy (non-hydrogen) atoms. The number of fused-ring (bicyclic) bond motifs is 1. The number of halogens is 1. The number of ether oxygens (including phenoxy) is 1. The molecule has 158 valence electrons. The molecular weight excluding hydrogens is 463 g/mol. The third kappa shape index (κ3) is 6.79. The Bertz CT molecular complexity index is 622. The number of piperidine rings is 1. The lowest BCUT2D eigenvalue weighted by molar-refractivity contribution is 0.162. The van der Waals surface area contributed by atoms with E-state index in [4.69, 9.17) is 9.73 Å². The van der Waals surface area contributed by atoms with Crippen molar-refractivity contribution in [3.63, 3.8) is 0 Å². The first-order valence-corrected chi connectivity index (χ1v) is 10.6. The van der Waals surface area contributed by atoms with Crippen LogP contribution in [0.5, 0.6) is 5.75 Å². The fourth-order valence-electron chi connectivity index (χ4n) is 4.18. The van der Waals surface area contributed by atoms with Crippen molar-refractivity contribution in [3.05, 3.63) is 29.8 Å². The molecule has 0 aliphatic carbocycles. The molecule has 2 N–H and O–H groups in total. The van der Waals surface area contributed by atoms with Crippen LogP contribution in [0.2, 0.25) is 0 Å². The summed E-state index contributed by atoms with van der Waals surface area (Å²) in [5.74, 6) is 3.32. The van der Waals surface area contributed by atoms with E-state index in [1.807, 2.05) is 6.07 Å². The zero-order chi connectivity index (χ0) is 19.1. The van der Waals surface area contributed by atoms with Crippen LogP contribution in [0, 0.1) is 11.8 Å². The van der Waals surface area contributed by atoms with E-state index in [0.717, 1.165) is 43.7 Å². The third-order valence-electron chi connectivity index (χ3n) is 5.35. The van der Waals surface area contributed by atoms with E-state index in [0.29, 0.717) is 5.92 Å². The molecule has 3 rings (SSSR count). The Morgan fingerprint density at radius 3 is 2.89 bits per heavy atom. The maximum Gasteiger partial charge on any atom is 0.191 e. The molecular formula is C22H37IN4O. The summed E-state index contributed by atoms with van der Waals surface area (Å²) in [6.45, 7) is 12.9. The molecule has 2 atom stereocenters. The Balaban J connectivity index is 0.00000280. The standard InChI is InChI=1S/C22H36N4O.HI/c1-4-23-22(24-14-18-8-7-12-26(16-18)15-17(2)3)25-20-11-13-27-21-10-6-5-9-19(20)21;/h5-6,9-10,17-18,20H,4,7-8,11-16H2,1-3H3,(H2,23,24,25);1H. The van der Waals surface area contributed by atoms with E-state index < -0.39 is 0 Å². The second-order valence-electron chi connectivity index (χ2n) is 8.25. The molecule has 1 fully saturated rings. The summed E-state index contributed by atoms with van der Waals surface area (Å²) in [4.78, 5) is 7.56.